The standard InChI is InChI=1S/C11H15NO3/c1-10(2,3)15-9(14)11-4-5-7(13)6(11)8(11)12-5/h5-6,8,12H,4H2,1-3H3. The van der Waals surface area contributed by atoms with Crippen LogP contribution in [0.2, 0.25) is 0 Å². The Morgan fingerprint density at radius 3 is 2.53 bits per heavy atom. The van der Waals surface area contributed by atoms with E-state index in [4.69, 9.17) is 4.74 Å². The molecule has 2 saturated carbocycles. The number of piperidine rings is 2. The Morgan fingerprint density at radius 1 is 1.53 bits per heavy atom. The predicted molar refractivity (Wildman–Crippen MR) is 52.1 cm³/mol. The molecule has 1 N–H and O–H groups in total. The molecule has 2 aliphatic carbocycles. The molecule has 4 nitrogen and oxygen atoms in total. The van der Waals surface area contributed by atoms with Crippen molar-refractivity contribution in [3.8, 4) is 0 Å². The zero-order valence-corrected chi connectivity index (χ0v) is 9.16. The molecular formula is C11H15NO3. The van der Waals surface area contributed by atoms with Crippen molar-refractivity contribution in [1.29, 1.82) is 0 Å². The van der Waals surface area contributed by atoms with Crippen molar-refractivity contribution in [3.05, 3.63) is 0 Å². The first-order chi connectivity index (χ1) is 6.86. The van der Waals surface area contributed by atoms with E-state index in [-0.39, 0.29) is 29.8 Å². The molecule has 2 aliphatic heterocycles. The van der Waals surface area contributed by atoms with Crippen LogP contribution in [0.4, 0.5) is 0 Å². The van der Waals surface area contributed by atoms with Crippen LogP contribution in [-0.4, -0.2) is 29.4 Å². The number of esters is 1. The number of ether oxygens (including phenoxy) is 1. The van der Waals surface area contributed by atoms with E-state index in [1.807, 2.05) is 20.8 Å². The van der Waals surface area contributed by atoms with Crippen molar-refractivity contribution >= 4 is 11.8 Å². The Bertz CT molecular complexity index is 371. The summed E-state index contributed by atoms with van der Waals surface area (Å²) >= 11 is 0. The van der Waals surface area contributed by atoms with Gasteiger partial charge in [-0.05, 0) is 27.2 Å². The smallest absolute Gasteiger partial charge is 0.315 e. The average Bonchev–Trinajstić information content (AvgIpc) is 2.44. The summed E-state index contributed by atoms with van der Waals surface area (Å²) in [6, 6.07) is -0.00244. The third kappa shape index (κ3) is 0.956. The van der Waals surface area contributed by atoms with E-state index in [0.717, 1.165) is 0 Å². The second-order valence-electron chi connectivity index (χ2n) is 5.82. The molecule has 4 atom stereocenters. The van der Waals surface area contributed by atoms with E-state index < -0.39 is 11.0 Å². The highest BCUT2D eigenvalue weighted by Gasteiger charge is 2.84. The first kappa shape index (κ1) is 9.33. The number of carbonyl (C=O) groups is 2. The van der Waals surface area contributed by atoms with E-state index in [2.05, 4.69) is 5.32 Å². The SMILES string of the molecule is CC(C)(C)OC(=O)C12CC3NC1C2C3=O. The Hall–Kier alpha value is -0.900. The Kier molecular flexibility index (Phi) is 1.41. The molecule has 4 heteroatoms. The number of Topliss-reactive ketones (excluding diaryl/α,β-unsaturated/α-hetero) is 1. The van der Waals surface area contributed by atoms with Crippen LogP contribution in [0.1, 0.15) is 27.2 Å². The third-order valence-electron chi connectivity index (χ3n) is 3.69. The molecule has 4 bridgehead atoms. The fraction of sp³-hybridized carbons (Fsp3) is 0.818. The summed E-state index contributed by atoms with van der Waals surface area (Å²) < 4.78 is 5.38. The van der Waals surface area contributed by atoms with Gasteiger partial charge in [0.1, 0.15) is 5.60 Å². The van der Waals surface area contributed by atoms with Gasteiger partial charge in [-0.15, -0.1) is 0 Å². The van der Waals surface area contributed by atoms with E-state index in [1.165, 1.54) is 0 Å². The van der Waals surface area contributed by atoms with Crippen LogP contribution in [0.3, 0.4) is 0 Å². The second kappa shape index (κ2) is 2.26. The van der Waals surface area contributed by atoms with Gasteiger partial charge in [-0.25, -0.2) is 0 Å². The highest BCUT2D eigenvalue weighted by atomic mass is 16.6. The van der Waals surface area contributed by atoms with Crippen molar-refractivity contribution in [2.75, 3.05) is 0 Å². The van der Waals surface area contributed by atoms with E-state index >= 15 is 0 Å². The Balaban J connectivity index is 1.82. The molecular weight excluding hydrogens is 194 g/mol. The molecule has 0 aromatic heterocycles. The van der Waals surface area contributed by atoms with Gasteiger partial charge in [-0.2, -0.15) is 0 Å². The van der Waals surface area contributed by atoms with Crippen molar-refractivity contribution in [3.63, 3.8) is 0 Å². The van der Waals surface area contributed by atoms with Crippen molar-refractivity contribution < 1.29 is 14.3 Å². The number of hydrogen-bond donors (Lipinski definition) is 1. The van der Waals surface area contributed by atoms with Crippen LogP contribution < -0.4 is 5.32 Å². The number of ketones is 1. The monoisotopic (exact) mass is 209 g/mol. The topological polar surface area (TPSA) is 55.4 Å². The van der Waals surface area contributed by atoms with Gasteiger partial charge in [0.25, 0.3) is 0 Å². The normalized spacial score (nSPS) is 45.8. The quantitative estimate of drug-likeness (QED) is 0.629. The van der Waals surface area contributed by atoms with Gasteiger partial charge in [-0.1, -0.05) is 0 Å². The highest BCUT2D eigenvalue weighted by molar-refractivity contribution is 6.06. The largest absolute Gasteiger partial charge is 0.459 e. The summed E-state index contributed by atoms with van der Waals surface area (Å²) in [5.41, 5.74) is -0.954. The second-order valence-corrected chi connectivity index (χ2v) is 5.82. The number of hydrogen-bond acceptors (Lipinski definition) is 4. The average molecular weight is 209 g/mol. The van der Waals surface area contributed by atoms with Gasteiger partial charge >= 0.3 is 5.97 Å². The molecule has 4 fully saturated rings. The van der Waals surface area contributed by atoms with Crippen molar-refractivity contribution in [2.24, 2.45) is 11.3 Å². The van der Waals surface area contributed by atoms with Crippen molar-refractivity contribution in [2.45, 2.75) is 44.9 Å². The molecule has 0 aromatic carbocycles. The summed E-state index contributed by atoms with van der Waals surface area (Å²) in [6.07, 6.45) is 0.649. The molecule has 4 aliphatic rings. The van der Waals surface area contributed by atoms with Crippen LogP contribution >= 0.6 is 0 Å². The summed E-state index contributed by atoms with van der Waals surface area (Å²) in [5.74, 6) is -0.0611. The molecule has 0 spiro atoms. The zero-order chi connectivity index (χ0) is 11.0. The van der Waals surface area contributed by atoms with Crippen LogP contribution in [0, 0.1) is 11.3 Å². The molecule has 0 radical (unpaired) electrons. The highest BCUT2D eigenvalue weighted by Crippen LogP contribution is 2.67. The van der Waals surface area contributed by atoms with Crippen LogP contribution in [0.5, 0.6) is 0 Å². The molecule has 82 valence electrons. The summed E-state index contributed by atoms with van der Waals surface area (Å²) in [6.45, 7) is 5.56. The minimum absolute atomic E-state index is 0.0739. The summed E-state index contributed by atoms with van der Waals surface area (Å²) in [5, 5.41) is 3.17. The molecule has 4 unspecified atom stereocenters. The maximum absolute atomic E-state index is 12.0. The lowest BCUT2D eigenvalue weighted by Crippen LogP contribution is -2.31. The van der Waals surface area contributed by atoms with E-state index in [1.54, 1.807) is 0 Å². The van der Waals surface area contributed by atoms with Gasteiger partial charge in [0, 0.05) is 6.04 Å². The fourth-order valence-corrected chi connectivity index (χ4v) is 3.08. The van der Waals surface area contributed by atoms with Gasteiger partial charge < -0.3 is 10.1 Å². The number of rotatable bonds is 1. The third-order valence-corrected chi connectivity index (χ3v) is 3.69. The van der Waals surface area contributed by atoms with E-state index in [0.29, 0.717) is 6.42 Å². The lowest BCUT2D eigenvalue weighted by atomic mass is 10.0. The maximum Gasteiger partial charge on any atom is 0.315 e. The van der Waals surface area contributed by atoms with Crippen LogP contribution in [0.15, 0.2) is 0 Å². The Morgan fingerprint density at radius 2 is 2.20 bits per heavy atom. The number of nitrogens with one attached hydrogen (secondary N) is 1. The van der Waals surface area contributed by atoms with Crippen LogP contribution in [0.25, 0.3) is 0 Å². The first-order valence-electron chi connectivity index (χ1n) is 5.39. The number of carbonyl (C=O) groups excluding carboxylic acids is 2. The molecule has 2 saturated heterocycles. The molecule has 4 rings (SSSR count). The lowest BCUT2D eigenvalue weighted by Gasteiger charge is -2.22. The predicted octanol–water partition coefficient (Wildman–Crippen LogP) is 0.257. The zero-order valence-electron chi connectivity index (χ0n) is 9.16. The summed E-state index contributed by atoms with van der Waals surface area (Å²) in [7, 11) is 0. The van der Waals surface area contributed by atoms with Gasteiger partial charge in [0.15, 0.2) is 5.78 Å². The minimum atomic E-state index is -0.491. The Labute approximate surface area is 88.4 Å². The fourth-order valence-electron chi connectivity index (χ4n) is 3.08. The minimum Gasteiger partial charge on any atom is -0.459 e. The molecule has 0 amide bonds. The van der Waals surface area contributed by atoms with Gasteiger partial charge in [0.2, 0.25) is 0 Å². The van der Waals surface area contributed by atoms with Gasteiger partial charge in [0.05, 0.1) is 17.4 Å². The van der Waals surface area contributed by atoms with Crippen LogP contribution in [-0.2, 0) is 14.3 Å². The summed E-state index contributed by atoms with van der Waals surface area (Å²) in [4.78, 5) is 23.6. The molecule has 15 heavy (non-hydrogen) atoms. The first-order valence-corrected chi connectivity index (χ1v) is 5.39. The molecule has 0 aromatic rings. The lowest BCUT2D eigenvalue weighted by molar-refractivity contribution is -0.162. The molecule has 2 heterocycles. The van der Waals surface area contributed by atoms with E-state index in [9.17, 15) is 9.59 Å². The van der Waals surface area contributed by atoms with Gasteiger partial charge in [-0.3, -0.25) is 9.59 Å². The van der Waals surface area contributed by atoms with Crippen molar-refractivity contribution in [1.82, 2.24) is 5.32 Å². The maximum atomic E-state index is 12.0.